The van der Waals surface area contributed by atoms with Crippen molar-refractivity contribution in [3.8, 4) is 0 Å². The molecule has 0 spiro atoms. The molecule has 134 valence electrons. The number of carboxylic acid groups (broad SMARTS) is 1. The molecule has 3 atom stereocenters. The van der Waals surface area contributed by atoms with Gasteiger partial charge in [0.1, 0.15) is 5.82 Å². The van der Waals surface area contributed by atoms with Gasteiger partial charge in [0.05, 0.1) is 12.0 Å². The molecule has 1 aromatic carbocycles. The minimum absolute atomic E-state index is 0.126. The molecule has 1 aromatic rings. The second-order valence-electron chi connectivity index (χ2n) is 7.07. The second-order valence-corrected chi connectivity index (χ2v) is 7.07. The maximum absolute atomic E-state index is 12.9. The molecule has 2 rings (SSSR count). The summed E-state index contributed by atoms with van der Waals surface area (Å²) >= 11 is 0. The molecule has 0 saturated heterocycles. The van der Waals surface area contributed by atoms with E-state index in [4.69, 9.17) is 5.73 Å². The molecule has 4 nitrogen and oxygen atoms in total. The van der Waals surface area contributed by atoms with E-state index in [1.165, 1.54) is 31.4 Å². The summed E-state index contributed by atoms with van der Waals surface area (Å²) < 4.78 is 12.9. The fraction of sp³-hybridized carbons (Fsp3) is 0.632. The molecule has 0 radical (unpaired) electrons. The van der Waals surface area contributed by atoms with E-state index in [-0.39, 0.29) is 24.7 Å². The van der Waals surface area contributed by atoms with Crippen LogP contribution in [0.4, 0.5) is 4.39 Å². The fourth-order valence-electron chi connectivity index (χ4n) is 3.61. The van der Waals surface area contributed by atoms with Gasteiger partial charge in [-0.25, -0.2) is 4.39 Å². The number of hydrogen-bond donors (Lipinski definition) is 3. The Balaban J connectivity index is 1.88. The number of carboxylic acids is 1. The Kier molecular flexibility index (Phi) is 7.18. The number of nitrogens with two attached hydrogens (primary N) is 1. The molecule has 0 heterocycles. The van der Waals surface area contributed by atoms with Crippen molar-refractivity contribution in [1.29, 1.82) is 0 Å². The third-order valence-electron chi connectivity index (χ3n) is 5.10. The zero-order valence-electron chi connectivity index (χ0n) is 14.0. The number of carbonyl (C=O) groups is 1. The number of aliphatic carboxylic acids is 1. The first kappa shape index (κ1) is 18.9. The van der Waals surface area contributed by atoms with Crippen LogP contribution in [-0.4, -0.2) is 28.3 Å². The van der Waals surface area contributed by atoms with Crippen LogP contribution in [0.3, 0.4) is 0 Å². The molecule has 0 amide bonds. The van der Waals surface area contributed by atoms with Crippen LogP contribution in [0.15, 0.2) is 24.3 Å². The van der Waals surface area contributed by atoms with E-state index >= 15 is 0 Å². The van der Waals surface area contributed by atoms with Crippen molar-refractivity contribution in [1.82, 2.24) is 0 Å². The summed E-state index contributed by atoms with van der Waals surface area (Å²) in [6.45, 7) is 0. The predicted molar refractivity (Wildman–Crippen MR) is 91.0 cm³/mol. The fourth-order valence-corrected chi connectivity index (χ4v) is 3.61. The molecule has 0 unspecified atom stereocenters. The molecular formula is C19H28FNO3. The average Bonchev–Trinajstić information content (AvgIpc) is 2.56. The van der Waals surface area contributed by atoms with Gasteiger partial charge in [0.2, 0.25) is 0 Å². The lowest BCUT2D eigenvalue weighted by atomic mass is 9.82. The van der Waals surface area contributed by atoms with E-state index in [9.17, 15) is 19.4 Å². The predicted octanol–water partition coefficient (Wildman–Crippen LogP) is 3.12. The van der Waals surface area contributed by atoms with Crippen LogP contribution in [0.25, 0.3) is 0 Å². The van der Waals surface area contributed by atoms with Gasteiger partial charge in [0.15, 0.2) is 0 Å². The normalized spacial score (nSPS) is 19.6. The molecule has 1 saturated carbocycles. The standard InChI is InChI=1S/C19H28FNO3/c20-16-8-6-14(7-9-16)10-15(19(23)24)12-18(22)17(21)11-13-4-2-1-3-5-13/h6-9,13,15,17-18,22H,1-5,10-12,21H2,(H,23,24)/t15-,17+,18+/m1/s1. The Morgan fingerprint density at radius 3 is 2.42 bits per heavy atom. The van der Waals surface area contributed by atoms with Crippen molar-refractivity contribution in [2.24, 2.45) is 17.6 Å². The highest BCUT2D eigenvalue weighted by Gasteiger charge is 2.27. The molecular weight excluding hydrogens is 309 g/mol. The third-order valence-corrected chi connectivity index (χ3v) is 5.10. The summed E-state index contributed by atoms with van der Waals surface area (Å²) in [4.78, 5) is 11.5. The smallest absolute Gasteiger partial charge is 0.306 e. The zero-order chi connectivity index (χ0) is 17.5. The van der Waals surface area contributed by atoms with Crippen molar-refractivity contribution < 1.29 is 19.4 Å². The monoisotopic (exact) mass is 337 g/mol. The van der Waals surface area contributed by atoms with Gasteiger partial charge in [-0.1, -0.05) is 44.2 Å². The SMILES string of the molecule is N[C@@H](CC1CCCCC1)[C@@H](O)C[C@@H](Cc1ccc(F)cc1)C(=O)O. The molecule has 1 fully saturated rings. The largest absolute Gasteiger partial charge is 0.481 e. The third kappa shape index (κ3) is 5.87. The Morgan fingerprint density at radius 2 is 1.83 bits per heavy atom. The van der Waals surface area contributed by atoms with Crippen LogP contribution < -0.4 is 5.73 Å². The van der Waals surface area contributed by atoms with E-state index < -0.39 is 18.0 Å². The van der Waals surface area contributed by atoms with Crippen LogP contribution in [0.2, 0.25) is 0 Å². The van der Waals surface area contributed by atoms with E-state index in [2.05, 4.69) is 0 Å². The first-order valence-electron chi connectivity index (χ1n) is 8.86. The lowest BCUT2D eigenvalue weighted by molar-refractivity contribution is -0.143. The van der Waals surface area contributed by atoms with E-state index in [0.29, 0.717) is 5.92 Å². The maximum atomic E-state index is 12.9. The molecule has 0 aliphatic heterocycles. The molecule has 5 heteroatoms. The van der Waals surface area contributed by atoms with Crippen molar-refractivity contribution in [2.45, 2.75) is 63.5 Å². The zero-order valence-corrected chi connectivity index (χ0v) is 14.0. The molecule has 24 heavy (non-hydrogen) atoms. The highest BCUT2D eigenvalue weighted by molar-refractivity contribution is 5.70. The number of aliphatic hydroxyl groups is 1. The van der Waals surface area contributed by atoms with Crippen LogP contribution in [0, 0.1) is 17.7 Å². The van der Waals surface area contributed by atoms with Gasteiger partial charge >= 0.3 is 5.97 Å². The number of benzene rings is 1. The Labute approximate surface area is 142 Å². The van der Waals surface area contributed by atoms with E-state index in [1.807, 2.05) is 0 Å². The average molecular weight is 337 g/mol. The first-order chi connectivity index (χ1) is 11.5. The van der Waals surface area contributed by atoms with Crippen LogP contribution >= 0.6 is 0 Å². The molecule has 0 aromatic heterocycles. The van der Waals surface area contributed by atoms with Gasteiger partial charge in [-0.15, -0.1) is 0 Å². The molecule has 0 bridgehead atoms. The molecule has 1 aliphatic rings. The van der Waals surface area contributed by atoms with Gasteiger partial charge in [0.25, 0.3) is 0 Å². The van der Waals surface area contributed by atoms with Gasteiger partial charge in [-0.2, -0.15) is 0 Å². The van der Waals surface area contributed by atoms with Crippen LogP contribution in [0.1, 0.15) is 50.5 Å². The Morgan fingerprint density at radius 1 is 1.21 bits per heavy atom. The van der Waals surface area contributed by atoms with E-state index in [1.54, 1.807) is 12.1 Å². The van der Waals surface area contributed by atoms with Crippen LogP contribution in [0.5, 0.6) is 0 Å². The van der Waals surface area contributed by atoms with Crippen molar-refractivity contribution in [2.75, 3.05) is 0 Å². The summed E-state index contributed by atoms with van der Waals surface area (Å²) in [6.07, 6.45) is 6.33. The quantitative estimate of drug-likeness (QED) is 0.680. The number of aliphatic hydroxyl groups excluding tert-OH is 1. The highest BCUT2D eigenvalue weighted by atomic mass is 19.1. The number of hydrogen-bond acceptors (Lipinski definition) is 3. The topological polar surface area (TPSA) is 83.5 Å². The Bertz CT molecular complexity index is 514. The second kappa shape index (κ2) is 9.14. The van der Waals surface area contributed by atoms with Crippen molar-refractivity contribution >= 4 is 5.97 Å². The van der Waals surface area contributed by atoms with Gasteiger partial charge in [0, 0.05) is 6.04 Å². The van der Waals surface area contributed by atoms with Gasteiger partial charge in [-0.3, -0.25) is 4.79 Å². The van der Waals surface area contributed by atoms with Gasteiger partial charge in [-0.05, 0) is 42.9 Å². The first-order valence-corrected chi connectivity index (χ1v) is 8.86. The van der Waals surface area contributed by atoms with E-state index in [0.717, 1.165) is 24.8 Å². The van der Waals surface area contributed by atoms with Crippen LogP contribution in [-0.2, 0) is 11.2 Å². The molecule has 4 N–H and O–H groups in total. The summed E-state index contributed by atoms with van der Waals surface area (Å²) in [5, 5.41) is 19.8. The highest BCUT2D eigenvalue weighted by Crippen LogP contribution is 2.28. The van der Waals surface area contributed by atoms with Crippen molar-refractivity contribution in [3.05, 3.63) is 35.6 Å². The lowest BCUT2D eigenvalue weighted by Gasteiger charge is -2.28. The summed E-state index contributed by atoms with van der Waals surface area (Å²) in [7, 11) is 0. The summed E-state index contributed by atoms with van der Waals surface area (Å²) in [6, 6.07) is 5.42. The lowest BCUT2D eigenvalue weighted by Crippen LogP contribution is -2.39. The maximum Gasteiger partial charge on any atom is 0.306 e. The summed E-state index contributed by atoms with van der Waals surface area (Å²) in [5.74, 6) is -1.48. The van der Waals surface area contributed by atoms with Crippen molar-refractivity contribution in [3.63, 3.8) is 0 Å². The summed E-state index contributed by atoms with van der Waals surface area (Å²) in [5.41, 5.74) is 6.86. The number of rotatable bonds is 8. The Hall–Kier alpha value is -1.46. The minimum Gasteiger partial charge on any atom is -0.481 e. The number of halogens is 1. The minimum atomic E-state index is -0.955. The molecule has 1 aliphatic carbocycles. The van der Waals surface area contributed by atoms with Gasteiger partial charge < -0.3 is 15.9 Å².